The van der Waals surface area contributed by atoms with E-state index in [1.165, 1.54) is 19.3 Å². The third kappa shape index (κ3) is 5.69. The van der Waals surface area contributed by atoms with Gasteiger partial charge in [-0.05, 0) is 18.8 Å². The molecule has 0 nitrogen and oxygen atoms in total. The van der Waals surface area contributed by atoms with Gasteiger partial charge in [-0.2, -0.15) is 0 Å². The molecule has 0 aliphatic carbocycles. The fraction of sp³-hybridized carbons (Fsp3) is 0.700. The molecule has 0 heteroatoms. The Balaban J connectivity index is 3.08. The number of rotatable bonds is 4. The van der Waals surface area contributed by atoms with Gasteiger partial charge < -0.3 is 0 Å². The maximum absolute atomic E-state index is 3.46. The highest BCUT2D eigenvalue weighted by molar-refractivity contribution is 5.00. The normalized spacial score (nSPS) is 11.9. The summed E-state index contributed by atoms with van der Waals surface area (Å²) >= 11 is 0. The molecule has 0 aromatic carbocycles. The topological polar surface area (TPSA) is 0 Å². The van der Waals surface area contributed by atoms with Crippen LogP contribution in [0, 0.1) is 24.7 Å². The zero-order valence-corrected chi connectivity index (χ0v) is 7.11. The largest absolute Gasteiger partial charge is 0.103 e. The van der Waals surface area contributed by atoms with Gasteiger partial charge in [0.1, 0.15) is 0 Å². The van der Waals surface area contributed by atoms with Gasteiger partial charge in [0.2, 0.25) is 0 Å². The minimum atomic E-state index is 0.867. The molecule has 0 spiro atoms. The first-order valence-corrected chi connectivity index (χ1v) is 4.06. The van der Waals surface area contributed by atoms with Crippen molar-refractivity contribution < 1.29 is 0 Å². The van der Waals surface area contributed by atoms with Gasteiger partial charge in [-0.15, -0.1) is 11.8 Å². The Morgan fingerprint density at radius 3 is 2.70 bits per heavy atom. The fourth-order valence-corrected chi connectivity index (χ4v) is 0.831. The molecule has 57 valence electrons. The quantitative estimate of drug-likeness (QED) is 0.412. The summed E-state index contributed by atoms with van der Waals surface area (Å²) in [7, 11) is 0. The van der Waals surface area contributed by atoms with Crippen molar-refractivity contribution in [1.82, 2.24) is 0 Å². The second-order valence-electron chi connectivity index (χ2n) is 2.76. The molecule has 0 aromatic heterocycles. The summed E-state index contributed by atoms with van der Waals surface area (Å²) in [4.78, 5) is 0. The molecule has 0 rings (SSSR count). The monoisotopic (exact) mass is 137 g/mol. The van der Waals surface area contributed by atoms with Gasteiger partial charge in [0.15, 0.2) is 0 Å². The lowest BCUT2D eigenvalue weighted by atomic mass is 10.0. The molecule has 1 unspecified atom stereocenters. The van der Waals surface area contributed by atoms with Crippen molar-refractivity contribution in [3.8, 4) is 11.8 Å². The predicted molar refractivity (Wildman–Crippen MR) is 46.4 cm³/mol. The summed E-state index contributed by atoms with van der Waals surface area (Å²) in [6, 6.07) is 0. The lowest BCUT2D eigenvalue weighted by molar-refractivity contribution is 0.500. The number of unbranched alkanes of at least 4 members (excludes halogenated alkanes) is 1. The molecule has 0 aromatic rings. The summed E-state index contributed by atoms with van der Waals surface area (Å²) in [5.41, 5.74) is 0. The third-order valence-electron chi connectivity index (χ3n) is 1.82. The molecule has 0 aliphatic heterocycles. The van der Waals surface area contributed by atoms with E-state index in [1.807, 2.05) is 0 Å². The van der Waals surface area contributed by atoms with Crippen molar-refractivity contribution in [1.29, 1.82) is 0 Å². The van der Waals surface area contributed by atoms with E-state index in [1.54, 1.807) is 0 Å². The Kier molecular flexibility index (Phi) is 6.38. The lowest BCUT2D eigenvalue weighted by Crippen LogP contribution is -1.90. The molecule has 0 N–H and O–H groups in total. The van der Waals surface area contributed by atoms with E-state index in [4.69, 9.17) is 0 Å². The highest BCUT2D eigenvalue weighted by Gasteiger charge is 1.95. The SMILES string of the molecule is [CH2]C#CCCCC(C)CC. The van der Waals surface area contributed by atoms with Gasteiger partial charge >= 0.3 is 0 Å². The van der Waals surface area contributed by atoms with E-state index in [0.29, 0.717) is 0 Å². The third-order valence-corrected chi connectivity index (χ3v) is 1.82. The minimum absolute atomic E-state index is 0.867. The van der Waals surface area contributed by atoms with E-state index in [0.717, 1.165) is 12.3 Å². The predicted octanol–water partition coefficient (Wildman–Crippen LogP) is 3.04. The first-order chi connectivity index (χ1) is 4.81. The number of hydrogen-bond donors (Lipinski definition) is 0. The Morgan fingerprint density at radius 1 is 1.50 bits per heavy atom. The Labute approximate surface area is 65.0 Å². The van der Waals surface area contributed by atoms with E-state index in [-0.39, 0.29) is 0 Å². The molecule has 0 fully saturated rings. The minimum Gasteiger partial charge on any atom is -0.103 e. The van der Waals surface area contributed by atoms with Gasteiger partial charge in [0.05, 0.1) is 0 Å². The Morgan fingerprint density at radius 2 is 2.20 bits per heavy atom. The molecule has 0 amide bonds. The van der Waals surface area contributed by atoms with Crippen molar-refractivity contribution in [2.45, 2.75) is 39.5 Å². The van der Waals surface area contributed by atoms with Crippen LogP contribution in [0.15, 0.2) is 0 Å². The standard InChI is InChI=1S/C10H17/c1-4-6-7-8-9-10(3)5-2/h10H,1,5,7-9H2,2-3H3. The van der Waals surface area contributed by atoms with Crippen molar-refractivity contribution in [2.75, 3.05) is 0 Å². The summed E-state index contributed by atoms with van der Waals surface area (Å²) in [5.74, 6) is 6.49. The molecule has 0 aliphatic rings. The average molecular weight is 137 g/mol. The van der Waals surface area contributed by atoms with Crippen LogP contribution in [0.2, 0.25) is 0 Å². The molecule has 1 radical (unpaired) electrons. The maximum atomic E-state index is 3.46. The summed E-state index contributed by atoms with van der Waals surface area (Å²) in [5, 5.41) is 0. The summed E-state index contributed by atoms with van der Waals surface area (Å²) < 4.78 is 0. The summed E-state index contributed by atoms with van der Waals surface area (Å²) in [6.45, 7) is 7.98. The van der Waals surface area contributed by atoms with E-state index >= 15 is 0 Å². The van der Waals surface area contributed by atoms with Gasteiger partial charge in [-0.1, -0.05) is 20.3 Å². The van der Waals surface area contributed by atoms with E-state index in [9.17, 15) is 0 Å². The van der Waals surface area contributed by atoms with Crippen molar-refractivity contribution in [2.24, 2.45) is 5.92 Å². The zero-order valence-electron chi connectivity index (χ0n) is 7.11. The van der Waals surface area contributed by atoms with Crippen LogP contribution < -0.4 is 0 Å². The van der Waals surface area contributed by atoms with Crippen molar-refractivity contribution in [3.63, 3.8) is 0 Å². The van der Waals surface area contributed by atoms with E-state index < -0.39 is 0 Å². The summed E-state index contributed by atoms with van der Waals surface area (Å²) in [6.07, 6.45) is 4.86. The van der Waals surface area contributed by atoms with Crippen LogP contribution in [-0.4, -0.2) is 0 Å². The van der Waals surface area contributed by atoms with Crippen LogP contribution in [0.1, 0.15) is 39.5 Å². The van der Waals surface area contributed by atoms with E-state index in [2.05, 4.69) is 32.6 Å². The number of hydrogen-bond acceptors (Lipinski definition) is 0. The maximum Gasteiger partial charge on any atom is 0.0198 e. The van der Waals surface area contributed by atoms with Gasteiger partial charge in [-0.25, -0.2) is 0 Å². The van der Waals surface area contributed by atoms with Crippen LogP contribution in [0.25, 0.3) is 0 Å². The molecule has 0 saturated heterocycles. The van der Waals surface area contributed by atoms with Crippen molar-refractivity contribution in [3.05, 3.63) is 6.92 Å². The van der Waals surface area contributed by atoms with Gasteiger partial charge in [0.25, 0.3) is 0 Å². The molecule has 0 bridgehead atoms. The second kappa shape index (κ2) is 6.68. The molecule has 0 heterocycles. The van der Waals surface area contributed by atoms with Crippen LogP contribution in [0.3, 0.4) is 0 Å². The Bertz CT molecular complexity index is 114. The second-order valence-corrected chi connectivity index (χ2v) is 2.76. The highest BCUT2D eigenvalue weighted by Crippen LogP contribution is 2.09. The highest BCUT2D eigenvalue weighted by atomic mass is 14.0. The molecule has 10 heavy (non-hydrogen) atoms. The lowest BCUT2D eigenvalue weighted by Gasteiger charge is -2.04. The molecular weight excluding hydrogens is 120 g/mol. The van der Waals surface area contributed by atoms with Crippen LogP contribution in [0.5, 0.6) is 0 Å². The first-order valence-electron chi connectivity index (χ1n) is 4.06. The Hall–Kier alpha value is -0.440. The van der Waals surface area contributed by atoms with Crippen LogP contribution in [0.4, 0.5) is 0 Å². The zero-order chi connectivity index (χ0) is 7.82. The fourth-order valence-electron chi connectivity index (χ4n) is 0.831. The van der Waals surface area contributed by atoms with Gasteiger partial charge in [-0.3, -0.25) is 0 Å². The smallest absolute Gasteiger partial charge is 0.0198 e. The average Bonchev–Trinajstić information content (AvgIpc) is 1.98. The van der Waals surface area contributed by atoms with Gasteiger partial charge in [0, 0.05) is 13.3 Å². The van der Waals surface area contributed by atoms with Crippen molar-refractivity contribution >= 4 is 0 Å². The van der Waals surface area contributed by atoms with Crippen LogP contribution in [-0.2, 0) is 0 Å². The molecule has 1 atom stereocenters. The first kappa shape index (κ1) is 9.56. The molecular formula is C10H17. The molecule has 0 saturated carbocycles. The van der Waals surface area contributed by atoms with Crippen LogP contribution >= 0.6 is 0 Å².